The van der Waals surface area contributed by atoms with Crippen LogP contribution in [0.4, 0.5) is 0 Å². The molecular weight excluding hydrogens is 248 g/mol. The van der Waals surface area contributed by atoms with Crippen LogP contribution in [0.2, 0.25) is 0 Å². The molecule has 0 saturated carbocycles. The Morgan fingerprint density at radius 3 is 2.18 bits per heavy atom. The van der Waals surface area contributed by atoms with Gasteiger partial charge >= 0.3 is 0 Å². The molecule has 0 aromatic heterocycles. The summed E-state index contributed by atoms with van der Waals surface area (Å²) < 4.78 is 0. The smallest absolute Gasteiger partial charge is 0.0476 e. The van der Waals surface area contributed by atoms with Gasteiger partial charge in [0.05, 0.1) is 0 Å². The third-order valence-corrected chi connectivity index (χ3v) is 3.85. The van der Waals surface area contributed by atoms with Gasteiger partial charge in [-0.25, -0.2) is 0 Å². The van der Waals surface area contributed by atoms with Crippen LogP contribution in [-0.4, -0.2) is 6.26 Å². The van der Waals surface area contributed by atoms with Crippen LogP contribution in [0.15, 0.2) is 53.4 Å². The topological polar surface area (TPSA) is 0 Å². The van der Waals surface area contributed by atoms with Gasteiger partial charge in [0.25, 0.3) is 0 Å². The fourth-order valence-electron chi connectivity index (χ4n) is 1.82. The van der Waals surface area contributed by atoms with Gasteiger partial charge in [0.1, 0.15) is 0 Å². The van der Waals surface area contributed by atoms with Crippen molar-refractivity contribution >= 4 is 23.4 Å². The van der Waals surface area contributed by atoms with E-state index in [1.54, 1.807) is 11.8 Å². The fraction of sp³-hybridized carbons (Fsp3) is 0.200. The summed E-state index contributed by atoms with van der Waals surface area (Å²) in [5.74, 6) is 0.582. The monoisotopic (exact) mass is 262 g/mol. The SMILES string of the molecule is CSc1ccc(Cc2ccccc2CCl)cc1. The molecule has 0 radical (unpaired) electrons. The van der Waals surface area contributed by atoms with Gasteiger partial charge in [0, 0.05) is 10.8 Å². The predicted octanol–water partition coefficient (Wildman–Crippen LogP) is 4.74. The number of hydrogen-bond acceptors (Lipinski definition) is 1. The molecule has 0 aliphatic carbocycles. The molecule has 2 aromatic rings. The largest absolute Gasteiger partial charge is 0.130 e. The van der Waals surface area contributed by atoms with Crippen LogP contribution >= 0.6 is 23.4 Å². The summed E-state index contributed by atoms with van der Waals surface area (Å²) in [5.41, 5.74) is 3.88. The Morgan fingerprint density at radius 1 is 0.941 bits per heavy atom. The maximum absolute atomic E-state index is 5.94. The van der Waals surface area contributed by atoms with Gasteiger partial charge in [-0.3, -0.25) is 0 Å². The lowest BCUT2D eigenvalue weighted by Crippen LogP contribution is -1.93. The van der Waals surface area contributed by atoms with Crippen molar-refractivity contribution in [3.8, 4) is 0 Å². The molecule has 0 saturated heterocycles. The number of benzene rings is 2. The van der Waals surface area contributed by atoms with E-state index in [1.807, 2.05) is 6.07 Å². The van der Waals surface area contributed by atoms with E-state index < -0.39 is 0 Å². The molecule has 2 heteroatoms. The zero-order valence-electron chi connectivity index (χ0n) is 9.82. The highest BCUT2D eigenvalue weighted by atomic mass is 35.5. The molecule has 2 aromatic carbocycles. The van der Waals surface area contributed by atoms with Crippen LogP contribution in [0.3, 0.4) is 0 Å². The molecule has 0 atom stereocenters. The van der Waals surface area contributed by atoms with Gasteiger partial charge in [0.2, 0.25) is 0 Å². The molecule has 0 N–H and O–H groups in total. The van der Waals surface area contributed by atoms with Crippen molar-refractivity contribution in [2.75, 3.05) is 6.26 Å². The van der Waals surface area contributed by atoms with E-state index in [4.69, 9.17) is 11.6 Å². The van der Waals surface area contributed by atoms with Gasteiger partial charge in [0.15, 0.2) is 0 Å². The van der Waals surface area contributed by atoms with E-state index >= 15 is 0 Å². The zero-order valence-corrected chi connectivity index (χ0v) is 11.4. The molecule has 0 aliphatic heterocycles. The Labute approximate surface area is 112 Å². The highest BCUT2D eigenvalue weighted by molar-refractivity contribution is 7.98. The summed E-state index contributed by atoms with van der Waals surface area (Å²) in [6.07, 6.45) is 3.05. The van der Waals surface area contributed by atoms with Crippen molar-refractivity contribution in [2.24, 2.45) is 0 Å². The highest BCUT2D eigenvalue weighted by Gasteiger charge is 2.02. The van der Waals surface area contributed by atoms with E-state index in [0.717, 1.165) is 6.42 Å². The minimum absolute atomic E-state index is 0.582. The Morgan fingerprint density at radius 2 is 1.59 bits per heavy atom. The Kier molecular flexibility index (Phi) is 4.52. The summed E-state index contributed by atoms with van der Waals surface area (Å²) in [7, 11) is 0. The first-order valence-corrected chi connectivity index (χ1v) is 7.35. The molecular formula is C15H15ClS. The lowest BCUT2D eigenvalue weighted by atomic mass is 10.0. The average Bonchev–Trinajstić information content (AvgIpc) is 2.40. The summed E-state index contributed by atoms with van der Waals surface area (Å²) in [6, 6.07) is 17.1. The minimum Gasteiger partial charge on any atom is -0.130 e. The van der Waals surface area contributed by atoms with E-state index in [1.165, 1.54) is 21.6 Å². The standard InChI is InChI=1S/C15H15ClS/c1-17-15-8-6-12(7-9-15)10-13-4-2-3-5-14(13)11-16/h2-9H,10-11H2,1H3. The van der Waals surface area contributed by atoms with Crippen molar-refractivity contribution in [3.63, 3.8) is 0 Å². The molecule has 88 valence electrons. The molecule has 0 spiro atoms. The summed E-state index contributed by atoms with van der Waals surface area (Å²) in [6.45, 7) is 0. The van der Waals surface area contributed by atoms with Gasteiger partial charge in [-0.2, -0.15) is 0 Å². The second kappa shape index (κ2) is 6.13. The summed E-state index contributed by atoms with van der Waals surface area (Å²) in [5, 5.41) is 0. The molecule has 0 amide bonds. The van der Waals surface area contributed by atoms with E-state index in [9.17, 15) is 0 Å². The van der Waals surface area contributed by atoms with Crippen molar-refractivity contribution in [2.45, 2.75) is 17.2 Å². The van der Waals surface area contributed by atoms with Crippen LogP contribution in [0, 0.1) is 0 Å². The van der Waals surface area contributed by atoms with Crippen molar-refractivity contribution in [1.29, 1.82) is 0 Å². The van der Waals surface area contributed by atoms with Crippen LogP contribution in [0.5, 0.6) is 0 Å². The zero-order chi connectivity index (χ0) is 12.1. The number of thioether (sulfide) groups is 1. The van der Waals surface area contributed by atoms with Crippen LogP contribution in [0.25, 0.3) is 0 Å². The van der Waals surface area contributed by atoms with Gasteiger partial charge in [-0.15, -0.1) is 23.4 Å². The van der Waals surface area contributed by atoms with Crippen molar-refractivity contribution in [3.05, 3.63) is 65.2 Å². The third kappa shape index (κ3) is 3.27. The first-order chi connectivity index (χ1) is 8.33. The van der Waals surface area contributed by atoms with Crippen LogP contribution in [0.1, 0.15) is 16.7 Å². The molecule has 0 unspecified atom stereocenters. The Balaban J connectivity index is 2.19. The molecule has 0 fully saturated rings. The average molecular weight is 263 g/mol. The Bertz CT molecular complexity index is 477. The second-order valence-electron chi connectivity index (χ2n) is 3.93. The Hall–Kier alpha value is -0.920. The molecule has 2 rings (SSSR count). The second-order valence-corrected chi connectivity index (χ2v) is 5.07. The van der Waals surface area contributed by atoms with Gasteiger partial charge < -0.3 is 0 Å². The molecule has 0 bridgehead atoms. The molecule has 0 aliphatic rings. The molecule has 0 heterocycles. The number of rotatable bonds is 4. The maximum atomic E-state index is 5.94. The van der Waals surface area contributed by atoms with Crippen LogP contribution < -0.4 is 0 Å². The first-order valence-electron chi connectivity index (χ1n) is 5.59. The first kappa shape index (κ1) is 12.5. The minimum atomic E-state index is 0.582. The van der Waals surface area contributed by atoms with Gasteiger partial charge in [-0.1, -0.05) is 36.4 Å². The van der Waals surface area contributed by atoms with E-state index in [2.05, 4.69) is 48.7 Å². The van der Waals surface area contributed by atoms with Crippen molar-refractivity contribution < 1.29 is 0 Å². The molecule has 17 heavy (non-hydrogen) atoms. The van der Waals surface area contributed by atoms with Crippen molar-refractivity contribution in [1.82, 2.24) is 0 Å². The third-order valence-electron chi connectivity index (χ3n) is 2.82. The van der Waals surface area contributed by atoms with Gasteiger partial charge in [-0.05, 0) is 41.5 Å². The number of hydrogen-bond donors (Lipinski definition) is 0. The van der Waals surface area contributed by atoms with E-state index in [-0.39, 0.29) is 0 Å². The predicted molar refractivity (Wildman–Crippen MR) is 77.0 cm³/mol. The summed E-state index contributed by atoms with van der Waals surface area (Å²) >= 11 is 7.71. The number of alkyl halides is 1. The fourth-order valence-corrected chi connectivity index (χ4v) is 2.49. The normalized spacial score (nSPS) is 10.5. The lowest BCUT2D eigenvalue weighted by molar-refractivity contribution is 1.14. The molecule has 0 nitrogen and oxygen atoms in total. The highest BCUT2D eigenvalue weighted by Crippen LogP contribution is 2.19. The maximum Gasteiger partial charge on any atom is 0.0476 e. The van der Waals surface area contributed by atoms with Crippen LogP contribution in [-0.2, 0) is 12.3 Å². The lowest BCUT2D eigenvalue weighted by Gasteiger charge is -2.07. The van der Waals surface area contributed by atoms with E-state index in [0.29, 0.717) is 5.88 Å². The summed E-state index contributed by atoms with van der Waals surface area (Å²) in [4.78, 5) is 1.30. The number of halogens is 1. The quantitative estimate of drug-likeness (QED) is 0.567.